The summed E-state index contributed by atoms with van der Waals surface area (Å²) in [5.74, 6) is 0. The molecule has 0 aliphatic rings. The molecule has 0 N–H and O–H groups in total. The van der Waals surface area contributed by atoms with Gasteiger partial charge in [0, 0.05) is 0 Å². The van der Waals surface area contributed by atoms with Crippen LogP contribution in [0.2, 0.25) is 0 Å². The second kappa shape index (κ2) is 1.94. The van der Waals surface area contributed by atoms with Crippen molar-refractivity contribution in [1.82, 2.24) is 25.1 Å². The lowest BCUT2D eigenvalue weighted by Gasteiger charge is -1.87. The van der Waals surface area contributed by atoms with Crippen LogP contribution in [0, 0.1) is 0 Å². The van der Waals surface area contributed by atoms with E-state index in [4.69, 9.17) is 0 Å². The second-order valence-electron chi connectivity index (χ2n) is 1.69. The maximum Gasteiger partial charge on any atom is 0.203 e. The molecule has 10 heavy (non-hydrogen) atoms. The van der Waals surface area contributed by atoms with E-state index < -0.39 is 0 Å². The summed E-state index contributed by atoms with van der Waals surface area (Å²) in [5, 5.41) is 7.28. The van der Waals surface area contributed by atoms with Crippen molar-refractivity contribution >= 4 is 11.2 Å². The van der Waals surface area contributed by atoms with E-state index in [1.807, 2.05) is 0 Å². The highest BCUT2D eigenvalue weighted by atomic mass is 15.2. The standard InChI is InChI=1S/C5H3N5/c1-4-5(8-2-6-1)10-9-3-7-4/h1-3H. The van der Waals surface area contributed by atoms with Crippen molar-refractivity contribution in [3.05, 3.63) is 18.9 Å². The van der Waals surface area contributed by atoms with E-state index in [2.05, 4.69) is 25.1 Å². The normalized spacial score (nSPS) is 10.0. The molecule has 0 spiro atoms. The van der Waals surface area contributed by atoms with E-state index in [9.17, 15) is 0 Å². The first kappa shape index (κ1) is 5.16. The van der Waals surface area contributed by atoms with E-state index in [1.54, 1.807) is 6.20 Å². The average molecular weight is 133 g/mol. The minimum absolute atomic E-state index is 0.525. The van der Waals surface area contributed by atoms with Gasteiger partial charge < -0.3 is 0 Å². The van der Waals surface area contributed by atoms with Crippen LogP contribution in [-0.4, -0.2) is 25.1 Å². The molecule has 48 valence electrons. The van der Waals surface area contributed by atoms with Crippen LogP contribution < -0.4 is 0 Å². The zero-order chi connectivity index (χ0) is 6.81. The monoisotopic (exact) mass is 133 g/mol. The highest BCUT2D eigenvalue weighted by Gasteiger charge is 1.92. The molecule has 0 aliphatic carbocycles. The Morgan fingerprint density at radius 1 is 1.10 bits per heavy atom. The summed E-state index contributed by atoms with van der Waals surface area (Å²) < 4.78 is 0. The Balaban J connectivity index is 2.89. The molecule has 0 amide bonds. The van der Waals surface area contributed by atoms with E-state index in [0.717, 1.165) is 0 Å². The predicted octanol–water partition coefficient (Wildman–Crippen LogP) is -0.185. The summed E-state index contributed by atoms with van der Waals surface area (Å²) in [6, 6.07) is 0. The number of nitrogens with zero attached hydrogens (tertiary/aromatic N) is 5. The maximum absolute atomic E-state index is 3.88. The van der Waals surface area contributed by atoms with Gasteiger partial charge in [-0.3, -0.25) is 0 Å². The van der Waals surface area contributed by atoms with E-state index in [0.29, 0.717) is 11.2 Å². The van der Waals surface area contributed by atoms with Crippen molar-refractivity contribution in [2.45, 2.75) is 0 Å². The molecule has 2 rings (SSSR count). The zero-order valence-corrected chi connectivity index (χ0v) is 4.97. The lowest BCUT2D eigenvalue weighted by atomic mass is 10.5. The largest absolute Gasteiger partial charge is 0.242 e. The van der Waals surface area contributed by atoms with Crippen LogP contribution in [0.15, 0.2) is 18.9 Å². The molecule has 2 aromatic rings. The molecule has 0 fully saturated rings. The summed E-state index contributed by atoms with van der Waals surface area (Å²) in [6.45, 7) is 0. The lowest BCUT2D eigenvalue weighted by Crippen LogP contribution is -1.89. The van der Waals surface area contributed by atoms with Crippen LogP contribution in [-0.2, 0) is 0 Å². The molecule has 0 atom stereocenters. The van der Waals surface area contributed by atoms with Gasteiger partial charge in [0.25, 0.3) is 0 Å². The van der Waals surface area contributed by atoms with Crippen LogP contribution in [0.1, 0.15) is 0 Å². The topological polar surface area (TPSA) is 64.5 Å². The van der Waals surface area contributed by atoms with Gasteiger partial charge in [-0.25, -0.2) is 15.0 Å². The van der Waals surface area contributed by atoms with Gasteiger partial charge in [-0.1, -0.05) is 0 Å². The molecule has 2 heterocycles. The molecule has 5 nitrogen and oxygen atoms in total. The molecular formula is C5H3N5. The first-order valence-electron chi connectivity index (χ1n) is 2.70. The first-order chi connectivity index (χ1) is 4.97. The van der Waals surface area contributed by atoms with Crippen molar-refractivity contribution in [1.29, 1.82) is 0 Å². The van der Waals surface area contributed by atoms with Gasteiger partial charge in [0.2, 0.25) is 5.65 Å². The number of fused-ring (bicyclic) bond motifs is 1. The lowest BCUT2D eigenvalue weighted by molar-refractivity contribution is 0.989. The number of hydrogen-bond acceptors (Lipinski definition) is 5. The average Bonchev–Trinajstić information content (AvgIpc) is 2.05. The first-order valence-corrected chi connectivity index (χ1v) is 2.70. The molecule has 0 unspecified atom stereocenters. The van der Waals surface area contributed by atoms with E-state index >= 15 is 0 Å². The Kier molecular flexibility index (Phi) is 1.00. The predicted molar refractivity (Wildman–Crippen MR) is 32.9 cm³/mol. The van der Waals surface area contributed by atoms with Crippen LogP contribution in [0.25, 0.3) is 11.2 Å². The third-order valence-electron chi connectivity index (χ3n) is 1.07. The molecule has 2 aromatic heterocycles. The summed E-state index contributed by atoms with van der Waals surface area (Å²) in [7, 11) is 0. The van der Waals surface area contributed by atoms with Gasteiger partial charge >= 0.3 is 0 Å². The van der Waals surface area contributed by atoms with Crippen molar-refractivity contribution in [3.63, 3.8) is 0 Å². The van der Waals surface area contributed by atoms with Crippen LogP contribution in [0.5, 0.6) is 0 Å². The Morgan fingerprint density at radius 3 is 3.00 bits per heavy atom. The molecule has 5 heteroatoms. The fraction of sp³-hybridized carbons (Fsp3) is 0. The third kappa shape index (κ3) is 0.680. The molecule has 0 aromatic carbocycles. The van der Waals surface area contributed by atoms with Crippen LogP contribution in [0.3, 0.4) is 0 Å². The van der Waals surface area contributed by atoms with Crippen molar-refractivity contribution in [2.75, 3.05) is 0 Å². The SMILES string of the molecule is c1nnc2ncncc2n1. The van der Waals surface area contributed by atoms with Gasteiger partial charge in [-0.05, 0) is 0 Å². The number of aromatic nitrogens is 5. The third-order valence-corrected chi connectivity index (χ3v) is 1.07. The highest BCUT2D eigenvalue weighted by Crippen LogP contribution is 1.96. The summed E-state index contributed by atoms with van der Waals surface area (Å²) in [4.78, 5) is 11.5. The smallest absolute Gasteiger partial charge is 0.203 e. The highest BCUT2D eigenvalue weighted by molar-refractivity contribution is 5.65. The van der Waals surface area contributed by atoms with Crippen LogP contribution >= 0.6 is 0 Å². The fourth-order valence-electron chi connectivity index (χ4n) is 0.652. The molecule has 0 radical (unpaired) electrons. The number of rotatable bonds is 0. The van der Waals surface area contributed by atoms with Crippen molar-refractivity contribution < 1.29 is 0 Å². The maximum atomic E-state index is 3.88. The van der Waals surface area contributed by atoms with Gasteiger partial charge in [0.1, 0.15) is 18.2 Å². The number of hydrogen-bond donors (Lipinski definition) is 0. The fourth-order valence-corrected chi connectivity index (χ4v) is 0.652. The Labute approximate surface area is 56.2 Å². The van der Waals surface area contributed by atoms with Crippen LogP contribution in [0.4, 0.5) is 0 Å². The minimum Gasteiger partial charge on any atom is -0.242 e. The van der Waals surface area contributed by atoms with Crippen molar-refractivity contribution in [3.8, 4) is 0 Å². The Morgan fingerprint density at radius 2 is 2.10 bits per heavy atom. The summed E-state index contributed by atoms with van der Waals surface area (Å²) in [6.07, 6.45) is 4.38. The van der Waals surface area contributed by atoms with E-state index in [-0.39, 0.29) is 0 Å². The van der Waals surface area contributed by atoms with Gasteiger partial charge in [0.15, 0.2) is 0 Å². The molecule has 0 saturated carbocycles. The molecule has 0 bridgehead atoms. The molecule has 0 aliphatic heterocycles. The van der Waals surface area contributed by atoms with Gasteiger partial charge in [-0.2, -0.15) is 0 Å². The quantitative estimate of drug-likeness (QED) is 0.498. The minimum atomic E-state index is 0.525. The summed E-state index contributed by atoms with van der Waals surface area (Å²) in [5.41, 5.74) is 1.19. The molecular weight excluding hydrogens is 130 g/mol. The Hall–Kier alpha value is -1.65. The van der Waals surface area contributed by atoms with Gasteiger partial charge in [-0.15, -0.1) is 10.2 Å². The zero-order valence-electron chi connectivity index (χ0n) is 4.97. The summed E-state index contributed by atoms with van der Waals surface area (Å²) >= 11 is 0. The van der Waals surface area contributed by atoms with Gasteiger partial charge in [0.05, 0.1) is 6.20 Å². The Bertz CT molecular complexity index is 281. The van der Waals surface area contributed by atoms with Crippen molar-refractivity contribution in [2.24, 2.45) is 0 Å². The second-order valence-corrected chi connectivity index (χ2v) is 1.69. The molecule has 0 saturated heterocycles. The van der Waals surface area contributed by atoms with E-state index in [1.165, 1.54) is 12.7 Å².